The molecule has 0 spiro atoms. The molecule has 4 fully saturated rings. The Morgan fingerprint density at radius 1 is 1.10 bits per heavy atom. The summed E-state index contributed by atoms with van der Waals surface area (Å²) in [6, 6.07) is -0.396. The first-order valence-corrected chi connectivity index (χ1v) is 15.2. The minimum Gasteiger partial charge on any atom is -0.481 e. The van der Waals surface area contributed by atoms with Gasteiger partial charge in [0.05, 0.1) is 12.1 Å². The van der Waals surface area contributed by atoms with E-state index in [2.05, 4.69) is 25.5 Å². The number of aliphatic hydroxyl groups is 1. The molecule has 0 aromatic heterocycles. The van der Waals surface area contributed by atoms with Gasteiger partial charge in [0.15, 0.2) is 0 Å². The Morgan fingerprint density at radius 3 is 2.32 bits per heavy atom. The molecule has 0 aromatic carbocycles. The van der Waals surface area contributed by atoms with Crippen molar-refractivity contribution in [2.75, 3.05) is 13.1 Å². The summed E-state index contributed by atoms with van der Waals surface area (Å²) >= 11 is 0. The van der Waals surface area contributed by atoms with Crippen molar-refractivity contribution in [1.29, 1.82) is 0 Å². The third kappa shape index (κ3) is 7.56. The highest BCUT2D eigenvalue weighted by molar-refractivity contribution is 5.81. The Labute approximate surface area is 241 Å². The monoisotopic (exact) mass is 590 g/mol. The fourth-order valence-corrected chi connectivity index (χ4v) is 9.04. The fraction of sp³-hybridized carbons (Fsp3) is 0.900. The molecule has 236 valence electrons. The van der Waals surface area contributed by atoms with Crippen LogP contribution in [0.15, 0.2) is 0 Å². The lowest BCUT2D eigenvalue weighted by Crippen LogP contribution is -2.62. The summed E-state index contributed by atoms with van der Waals surface area (Å²) in [5, 5.41) is 20.5. The zero-order valence-corrected chi connectivity index (χ0v) is 24.9. The van der Waals surface area contributed by atoms with Crippen LogP contribution in [0.2, 0.25) is 0 Å². The van der Waals surface area contributed by atoms with E-state index in [1.807, 2.05) is 4.90 Å². The van der Waals surface area contributed by atoms with Crippen LogP contribution in [0.5, 0.6) is 0 Å². The molecule has 41 heavy (non-hydrogen) atoms. The number of nitrogens with zero attached hydrogens (tertiary/aromatic N) is 1. The van der Waals surface area contributed by atoms with Gasteiger partial charge in [-0.3, -0.25) is 14.4 Å². The van der Waals surface area contributed by atoms with Gasteiger partial charge in [0.2, 0.25) is 5.91 Å². The standard InChI is InChI=1S/C27H46N2O4.C3H3F3O2/c1-4-6-21(28)25(33)29-14-13-27(3)18(16-29)15-22(30)24-19-10-9-17(7-5-8-23(31)32)26(19,2)12-11-20(24)27;1-2(7)8-3(4,5)6/h17-22,24,30H,4-16,28H2,1-3H3,(H,31,32);1H3. The number of rotatable bonds is 7. The van der Waals surface area contributed by atoms with E-state index < -0.39 is 24.3 Å². The minimum atomic E-state index is -4.83. The average Bonchev–Trinajstić information content (AvgIpc) is 3.19. The highest BCUT2D eigenvalue weighted by Crippen LogP contribution is 2.67. The van der Waals surface area contributed by atoms with Crippen molar-refractivity contribution < 1.29 is 42.5 Å². The van der Waals surface area contributed by atoms with Crippen molar-refractivity contribution in [1.82, 2.24) is 4.90 Å². The molecule has 1 saturated heterocycles. The minimum absolute atomic E-state index is 0.0896. The molecule has 1 heterocycles. The quantitative estimate of drug-likeness (QED) is 0.351. The summed E-state index contributed by atoms with van der Waals surface area (Å²) in [5.74, 6) is 0.376. The number of likely N-dealkylation sites (tertiary alicyclic amines) is 1. The fourth-order valence-electron chi connectivity index (χ4n) is 9.04. The Bertz CT molecular complexity index is 948. The molecule has 11 heteroatoms. The number of carbonyl (C=O) groups excluding carboxylic acids is 2. The van der Waals surface area contributed by atoms with E-state index in [9.17, 15) is 32.7 Å². The molecular formula is C30H49F3N2O6. The second-order valence-corrected chi connectivity index (χ2v) is 13.4. The summed E-state index contributed by atoms with van der Waals surface area (Å²) in [4.78, 5) is 35.4. The maximum Gasteiger partial charge on any atom is 0.575 e. The second kappa shape index (κ2) is 13.2. The molecule has 1 amide bonds. The lowest BCUT2D eigenvalue weighted by atomic mass is 9.45. The van der Waals surface area contributed by atoms with Gasteiger partial charge in [0, 0.05) is 26.4 Å². The van der Waals surface area contributed by atoms with Crippen molar-refractivity contribution in [3.8, 4) is 0 Å². The number of carbonyl (C=O) groups is 3. The van der Waals surface area contributed by atoms with Gasteiger partial charge in [0.1, 0.15) is 0 Å². The molecule has 0 aromatic rings. The van der Waals surface area contributed by atoms with E-state index in [1.165, 1.54) is 19.3 Å². The van der Waals surface area contributed by atoms with Crippen LogP contribution in [-0.4, -0.2) is 64.6 Å². The highest BCUT2D eigenvalue weighted by atomic mass is 19.4. The predicted octanol–water partition coefficient (Wildman–Crippen LogP) is 5.12. The molecule has 9 atom stereocenters. The zero-order valence-electron chi connectivity index (χ0n) is 24.9. The second-order valence-electron chi connectivity index (χ2n) is 13.4. The van der Waals surface area contributed by atoms with Crippen LogP contribution in [-0.2, 0) is 19.1 Å². The van der Waals surface area contributed by atoms with E-state index in [0.29, 0.717) is 36.5 Å². The first kappa shape index (κ1) is 33.6. The molecule has 8 nitrogen and oxygen atoms in total. The number of aliphatic hydroxyl groups excluding tert-OH is 1. The van der Waals surface area contributed by atoms with E-state index in [-0.39, 0.29) is 29.3 Å². The molecule has 4 aliphatic rings. The maximum atomic E-state index is 12.9. The van der Waals surface area contributed by atoms with Gasteiger partial charge in [0.25, 0.3) is 0 Å². The number of hydrogen-bond acceptors (Lipinski definition) is 6. The SMILES string of the molecule is CC(=O)OC(F)(F)F.CCCC(N)C(=O)N1CCC2(C)C(CC(O)C3C4CCC(CCCC(=O)O)C4(C)CCC32)C1. The predicted molar refractivity (Wildman–Crippen MR) is 146 cm³/mol. The molecule has 3 saturated carbocycles. The van der Waals surface area contributed by atoms with Gasteiger partial charge < -0.3 is 25.6 Å². The molecule has 0 bridgehead atoms. The van der Waals surface area contributed by atoms with Crippen molar-refractivity contribution in [2.45, 2.75) is 117 Å². The van der Waals surface area contributed by atoms with Crippen LogP contribution in [0.1, 0.15) is 98.3 Å². The smallest absolute Gasteiger partial charge is 0.481 e. The number of alkyl halides is 3. The van der Waals surface area contributed by atoms with Crippen LogP contribution in [0.4, 0.5) is 13.2 Å². The number of ether oxygens (including phenoxy) is 1. The Hall–Kier alpha value is -1.88. The third-order valence-electron chi connectivity index (χ3n) is 11.1. The van der Waals surface area contributed by atoms with Crippen molar-refractivity contribution in [3.63, 3.8) is 0 Å². The summed E-state index contributed by atoms with van der Waals surface area (Å²) in [7, 11) is 0. The van der Waals surface area contributed by atoms with Crippen molar-refractivity contribution in [2.24, 2.45) is 46.2 Å². The molecule has 4 rings (SSSR count). The van der Waals surface area contributed by atoms with E-state index in [4.69, 9.17) is 10.8 Å². The van der Waals surface area contributed by atoms with Crippen LogP contribution in [0.3, 0.4) is 0 Å². The van der Waals surface area contributed by atoms with Crippen LogP contribution < -0.4 is 5.73 Å². The van der Waals surface area contributed by atoms with E-state index >= 15 is 0 Å². The number of esters is 1. The first-order valence-electron chi connectivity index (χ1n) is 15.2. The lowest BCUT2D eigenvalue weighted by Gasteiger charge is -2.62. The normalized spacial score (nSPS) is 37.0. The maximum absolute atomic E-state index is 12.9. The van der Waals surface area contributed by atoms with E-state index in [1.54, 1.807) is 0 Å². The van der Waals surface area contributed by atoms with Crippen molar-refractivity contribution in [3.05, 3.63) is 0 Å². The number of halogens is 3. The Balaban J connectivity index is 0.000000507. The van der Waals surface area contributed by atoms with Gasteiger partial charge in [-0.05, 0) is 98.2 Å². The number of hydrogen-bond donors (Lipinski definition) is 3. The number of fused-ring (bicyclic) bond motifs is 5. The van der Waals surface area contributed by atoms with Crippen LogP contribution in [0, 0.1) is 40.4 Å². The number of carboxylic acid groups (broad SMARTS) is 1. The zero-order chi connectivity index (χ0) is 30.8. The number of nitrogens with two attached hydrogens (primary N) is 1. The van der Waals surface area contributed by atoms with Crippen molar-refractivity contribution >= 4 is 17.8 Å². The number of amides is 1. The topological polar surface area (TPSA) is 130 Å². The van der Waals surface area contributed by atoms with Gasteiger partial charge in [-0.25, -0.2) is 0 Å². The molecular weight excluding hydrogens is 541 g/mol. The lowest BCUT2D eigenvalue weighted by molar-refractivity contribution is -0.304. The summed E-state index contributed by atoms with van der Waals surface area (Å²) < 4.78 is 35.4. The Morgan fingerprint density at radius 2 is 1.76 bits per heavy atom. The molecule has 3 aliphatic carbocycles. The van der Waals surface area contributed by atoms with Gasteiger partial charge in [-0.15, -0.1) is 13.2 Å². The Kier molecular flexibility index (Phi) is 10.8. The van der Waals surface area contributed by atoms with Gasteiger partial charge >= 0.3 is 18.3 Å². The highest BCUT2D eigenvalue weighted by Gasteiger charge is 2.62. The van der Waals surface area contributed by atoms with Crippen LogP contribution >= 0.6 is 0 Å². The third-order valence-corrected chi connectivity index (χ3v) is 11.1. The number of aliphatic carboxylic acids is 1. The van der Waals surface area contributed by atoms with E-state index in [0.717, 1.165) is 58.0 Å². The average molecular weight is 591 g/mol. The first-order chi connectivity index (χ1) is 19.0. The van der Waals surface area contributed by atoms with Gasteiger partial charge in [-0.1, -0.05) is 27.2 Å². The van der Waals surface area contributed by atoms with Gasteiger partial charge in [-0.2, -0.15) is 0 Å². The summed E-state index contributed by atoms with van der Waals surface area (Å²) in [6.07, 6.45) is 5.06. The molecule has 4 N–H and O–H groups in total. The number of piperidine rings is 1. The van der Waals surface area contributed by atoms with Crippen LogP contribution in [0.25, 0.3) is 0 Å². The summed E-state index contributed by atoms with van der Waals surface area (Å²) in [6.45, 7) is 9.16. The number of carboxylic acids is 1. The molecule has 9 unspecified atom stereocenters. The summed E-state index contributed by atoms with van der Waals surface area (Å²) in [5.41, 5.74) is 6.57. The molecule has 1 aliphatic heterocycles. The largest absolute Gasteiger partial charge is 0.575 e. The molecule has 0 radical (unpaired) electrons.